The van der Waals surface area contributed by atoms with Crippen molar-refractivity contribution in [3.63, 3.8) is 0 Å². The molecule has 4 aromatic rings. The molecule has 234 valence electrons. The number of likely N-dealkylation sites (N-methyl/N-ethyl adjacent to an activating group) is 1. The Labute approximate surface area is 260 Å². The topological polar surface area (TPSA) is 103 Å². The highest BCUT2D eigenvalue weighted by Gasteiger charge is 2.35. The minimum atomic E-state index is -4.62. The SMILES string of the molecule is CCc1nc2cc(-c3cccc(NC(=O)c4ccc(NC(=O)C=CCN(C)C(C)(C)C)c(C#N)c4)c3)c(C(F)(F)F)cc2n1C. The lowest BCUT2D eigenvalue weighted by Gasteiger charge is -2.30. The first kappa shape index (κ1) is 33.0. The van der Waals surface area contributed by atoms with Gasteiger partial charge in [-0.15, -0.1) is 0 Å². The molecule has 0 radical (unpaired) electrons. The van der Waals surface area contributed by atoms with E-state index in [0.29, 0.717) is 29.8 Å². The van der Waals surface area contributed by atoms with Gasteiger partial charge in [0.2, 0.25) is 5.91 Å². The standard InChI is InChI=1S/C34H35F3N6O2/c1-7-30-40-28-18-25(26(34(35,36)37)19-29(28)43(30)6)21-10-8-11-24(17-21)39-32(45)22-13-14-27(23(16-22)20-38)41-31(44)12-9-15-42(5)33(2,3)4/h8-14,16-19H,7,15H2,1-6H3,(H,39,45)(H,41,44). The highest BCUT2D eigenvalue weighted by Crippen LogP contribution is 2.40. The van der Waals surface area contributed by atoms with Crippen molar-refractivity contribution < 1.29 is 22.8 Å². The number of benzene rings is 3. The molecule has 0 bridgehead atoms. The number of carbonyl (C=O) groups excluding carboxylic acids is 2. The van der Waals surface area contributed by atoms with Gasteiger partial charge >= 0.3 is 6.18 Å². The van der Waals surface area contributed by atoms with E-state index in [1.54, 1.807) is 29.8 Å². The van der Waals surface area contributed by atoms with Gasteiger partial charge in [-0.3, -0.25) is 14.5 Å². The molecule has 0 saturated heterocycles. The maximum absolute atomic E-state index is 14.2. The molecule has 0 aliphatic rings. The van der Waals surface area contributed by atoms with Crippen LogP contribution >= 0.6 is 0 Å². The lowest BCUT2D eigenvalue weighted by Crippen LogP contribution is -2.38. The van der Waals surface area contributed by atoms with E-state index in [1.165, 1.54) is 42.5 Å². The van der Waals surface area contributed by atoms with Gasteiger partial charge in [0.05, 0.1) is 27.8 Å². The average Bonchev–Trinajstić information content (AvgIpc) is 3.30. The third kappa shape index (κ3) is 7.59. The van der Waals surface area contributed by atoms with E-state index in [1.807, 2.05) is 20.0 Å². The maximum atomic E-state index is 14.2. The van der Waals surface area contributed by atoms with Gasteiger partial charge in [0.1, 0.15) is 11.9 Å². The molecule has 11 heteroatoms. The molecule has 0 fully saturated rings. The fourth-order valence-electron chi connectivity index (χ4n) is 4.70. The molecular weight excluding hydrogens is 581 g/mol. The molecular formula is C34H35F3N6O2. The quantitative estimate of drug-likeness (QED) is 0.204. The second kappa shape index (κ2) is 13.0. The van der Waals surface area contributed by atoms with E-state index in [9.17, 15) is 28.0 Å². The molecule has 0 unspecified atom stereocenters. The Kier molecular flexibility index (Phi) is 9.49. The molecule has 1 aromatic heterocycles. The molecule has 8 nitrogen and oxygen atoms in total. The first-order valence-corrected chi connectivity index (χ1v) is 14.3. The van der Waals surface area contributed by atoms with Crippen molar-refractivity contribution in [3.05, 3.63) is 89.3 Å². The predicted molar refractivity (Wildman–Crippen MR) is 170 cm³/mol. The summed E-state index contributed by atoms with van der Waals surface area (Å²) in [5, 5.41) is 15.0. The minimum Gasteiger partial charge on any atom is -0.331 e. The lowest BCUT2D eigenvalue weighted by molar-refractivity contribution is -0.137. The third-order valence-electron chi connectivity index (χ3n) is 7.62. The van der Waals surface area contributed by atoms with Crippen LogP contribution in [0.2, 0.25) is 0 Å². The van der Waals surface area contributed by atoms with Crippen molar-refractivity contribution in [1.29, 1.82) is 5.26 Å². The molecule has 1 heterocycles. The Morgan fingerprint density at radius 3 is 2.44 bits per heavy atom. The summed E-state index contributed by atoms with van der Waals surface area (Å²) in [4.78, 5) is 32.1. The van der Waals surface area contributed by atoms with Crippen molar-refractivity contribution in [3.8, 4) is 17.2 Å². The first-order chi connectivity index (χ1) is 21.1. The van der Waals surface area contributed by atoms with Gasteiger partial charge in [-0.1, -0.05) is 25.1 Å². The maximum Gasteiger partial charge on any atom is 0.417 e. The number of nitrogens with zero attached hydrogens (tertiary/aromatic N) is 4. The number of rotatable bonds is 8. The van der Waals surface area contributed by atoms with Crippen LogP contribution in [0.1, 0.15) is 55.0 Å². The number of anilines is 2. The largest absolute Gasteiger partial charge is 0.417 e. The second-order valence-electron chi connectivity index (χ2n) is 11.7. The van der Waals surface area contributed by atoms with Crippen LogP contribution in [-0.4, -0.2) is 45.4 Å². The summed E-state index contributed by atoms with van der Waals surface area (Å²) in [6.45, 7) is 8.61. The van der Waals surface area contributed by atoms with Gasteiger partial charge in [0.15, 0.2) is 0 Å². The molecule has 4 rings (SSSR count). The molecule has 0 saturated carbocycles. The molecule has 45 heavy (non-hydrogen) atoms. The lowest BCUT2D eigenvalue weighted by atomic mass is 9.97. The molecule has 0 spiro atoms. The number of hydrogen-bond donors (Lipinski definition) is 2. The summed E-state index contributed by atoms with van der Waals surface area (Å²) in [6, 6.07) is 14.9. The normalized spacial score (nSPS) is 12.1. The van der Waals surface area contributed by atoms with E-state index in [2.05, 4.69) is 41.3 Å². The van der Waals surface area contributed by atoms with Crippen molar-refractivity contribution in [2.75, 3.05) is 24.2 Å². The van der Waals surface area contributed by atoms with Crippen LogP contribution in [0.4, 0.5) is 24.5 Å². The number of halogens is 3. The Morgan fingerprint density at radius 2 is 1.80 bits per heavy atom. The Morgan fingerprint density at radius 1 is 1.07 bits per heavy atom. The third-order valence-corrected chi connectivity index (χ3v) is 7.62. The number of aromatic nitrogens is 2. The van der Waals surface area contributed by atoms with Crippen LogP contribution in [0.3, 0.4) is 0 Å². The predicted octanol–water partition coefficient (Wildman–Crippen LogP) is 7.17. The fourth-order valence-corrected chi connectivity index (χ4v) is 4.70. The van der Waals surface area contributed by atoms with Gasteiger partial charge < -0.3 is 15.2 Å². The van der Waals surface area contributed by atoms with Crippen LogP contribution in [0.25, 0.3) is 22.2 Å². The number of alkyl halides is 3. The molecule has 2 amide bonds. The average molecular weight is 617 g/mol. The van der Waals surface area contributed by atoms with Crippen LogP contribution in [0, 0.1) is 11.3 Å². The first-order valence-electron chi connectivity index (χ1n) is 14.3. The van der Waals surface area contributed by atoms with Crippen molar-refractivity contribution >= 4 is 34.2 Å². The molecule has 0 aliphatic heterocycles. The second-order valence-corrected chi connectivity index (χ2v) is 11.7. The van der Waals surface area contributed by atoms with Gasteiger partial charge in [-0.05, 0) is 81.4 Å². The monoisotopic (exact) mass is 616 g/mol. The number of carbonyl (C=O) groups is 2. The number of aryl methyl sites for hydroxylation is 2. The highest BCUT2D eigenvalue weighted by atomic mass is 19.4. The van der Waals surface area contributed by atoms with Crippen molar-refractivity contribution in [2.24, 2.45) is 7.05 Å². The number of fused-ring (bicyclic) bond motifs is 1. The molecule has 0 atom stereocenters. The van der Waals surface area contributed by atoms with E-state index >= 15 is 0 Å². The Hall–Kier alpha value is -4.95. The highest BCUT2D eigenvalue weighted by molar-refractivity contribution is 6.06. The number of hydrogen-bond acceptors (Lipinski definition) is 5. The van der Waals surface area contributed by atoms with Crippen molar-refractivity contribution in [2.45, 2.75) is 45.8 Å². The van der Waals surface area contributed by atoms with E-state index < -0.39 is 23.6 Å². The number of imidazole rings is 1. The van der Waals surface area contributed by atoms with Gasteiger partial charge in [-0.25, -0.2) is 4.98 Å². The van der Waals surface area contributed by atoms with E-state index in [0.717, 1.165) is 6.07 Å². The van der Waals surface area contributed by atoms with Gasteiger partial charge in [0.25, 0.3) is 5.91 Å². The van der Waals surface area contributed by atoms with Gasteiger partial charge in [0, 0.05) is 42.9 Å². The number of amides is 2. The van der Waals surface area contributed by atoms with Crippen molar-refractivity contribution in [1.82, 2.24) is 14.5 Å². The van der Waals surface area contributed by atoms with E-state index in [4.69, 9.17) is 0 Å². The van der Waals surface area contributed by atoms with Crippen LogP contribution in [0.5, 0.6) is 0 Å². The number of nitriles is 1. The zero-order valence-electron chi connectivity index (χ0n) is 26.0. The molecule has 2 N–H and O–H groups in total. The minimum absolute atomic E-state index is 0.0576. The smallest absolute Gasteiger partial charge is 0.331 e. The zero-order chi connectivity index (χ0) is 33.1. The van der Waals surface area contributed by atoms with Crippen LogP contribution in [0.15, 0.2) is 66.7 Å². The zero-order valence-corrected chi connectivity index (χ0v) is 26.0. The summed E-state index contributed by atoms with van der Waals surface area (Å²) in [7, 11) is 3.63. The van der Waals surface area contributed by atoms with E-state index in [-0.39, 0.29) is 39.2 Å². The molecule has 3 aromatic carbocycles. The summed E-state index contributed by atoms with van der Waals surface area (Å²) >= 11 is 0. The van der Waals surface area contributed by atoms with Crippen LogP contribution in [-0.2, 0) is 24.4 Å². The summed E-state index contributed by atoms with van der Waals surface area (Å²) in [5.74, 6) is -0.328. The summed E-state index contributed by atoms with van der Waals surface area (Å²) in [5.41, 5.74) is 0.863. The van der Waals surface area contributed by atoms with Crippen LogP contribution < -0.4 is 10.6 Å². The van der Waals surface area contributed by atoms with Gasteiger partial charge in [-0.2, -0.15) is 18.4 Å². The summed E-state index contributed by atoms with van der Waals surface area (Å²) in [6.07, 6.45) is -0.952. The molecule has 0 aliphatic carbocycles. The number of nitrogens with one attached hydrogen (secondary N) is 2. The Bertz CT molecular complexity index is 1830. The fraction of sp³-hybridized carbons (Fsp3) is 0.294. The Balaban J connectivity index is 1.55. The summed E-state index contributed by atoms with van der Waals surface area (Å²) < 4.78 is 44.2.